The Kier molecular flexibility index (Phi) is 7.00. The Morgan fingerprint density at radius 1 is 1.08 bits per heavy atom. The molecule has 0 unspecified atom stereocenters. The molecule has 5 heteroatoms. The van der Waals surface area contributed by atoms with E-state index in [0.29, 0.717) is 23.5 Å². The Labute approximate surface area is 156 Å². The van der Waals surface area contributed by atoms with Gasteiger partial charge in [0.05, 0.1) is 12.1 Å². The minimum atomic E-state index is 0.290. The summed E-state index contributed by atoms with van der Waals surface area (Å²) in [6, 6.07) is 6.02. The molecule has 3 rings (SSSR count). The zero-order chi connectivity index (χ0) is 17.6. The molecule has 4 nitrogen and oxygen atoms in total. The summed E-state index contributed by atoms with van der Waals surface area (Å²) >= 11 is 6.25. The molecule has 0 aliphatic carbocycles. The van der Waals surface area contributed by atoms with Gasteiger partial charge < -0.3 is 14.7 Å². The predicted molar refractivity (Wildman–Crippen MR) is 102 cm³/mol. The minimum Gasteiger partial charge on any atom is -0.495 e. The molecule has 1 aromatic carbocycles. The van der Waals surface area contributed by atoms with E-state index in [9.17, 15) is 5.11 Å². The lowest BCUT2D eigenvalue weighted by Crippen LogP contribution is -2.34. The van der Waals surface area contributed by atoms with Crippen molar-refractivity contribution in [2.75, 3.05) is 46.4 Å². The Morgan fingerprint density at radius 2 is 1.80 bits per heavy atom. The first kappa shape index (κ1) is 19.0. The van der Waals surface area contributed by atoms with E-state index in [2.05, 4.69) is 15.9 Å². The summed E-state index contributed by atoms with van der Waals surface area (Å²) in [4.78, 5) is 5.08. The summed E-state index contributed by atoms with van der Waals surface area (Å²) in [7, 11) is 1.64. The van der Waals surface area contributed by atoms with Gasteiger partial charge >= 0.3 is 0 Å². The second-order valence-corrected chi connectivity index (χ2v) is 7.99. The van der Waals surface area contributed by atoms with Crippen LogP contribution < -0.4 is 4.74 Å². The highest BCUT2D eigenvalue weighted by Crippen LogP contribution is 2.29. The Hall–Kier alpha value is -0.810. The highest BCUT2D eigenvalue weighted by atomic mass is 35.5. The maximum Gasteiger partial charge on any atom is 0.137 e. The van der Waals surface area contributed by atoms with Gasteiger partial charge in [0, 0.05) is 32.8 Å². The second kappa shape index (κ2) is 9.22. The van der Waals surface area contributed by atoms with Gasteiger partial charge in [0.15, 0.2) is 0 Å². The van der Waals surface area contributed by atoms with Crippen molar-refractivity contribution in [3.05, 3.63) is 28.8 Å². The van der Waals surface area contributed by atoms with Crippen LogP contribution in [0.25, 0.3) is 0 Å². The first-order chi connectivity index (χ1) is 12.2. The number of rotatable bonds is 6. The topological polar surface area (TPSA) is 35.9 Å². The molecule has 0 saturated carbocycles. The molecule has 1 N–H and O–H groups in total. The largest absolute Gasteiger partial charge is 0.495 e. The number of hydrogen-bond donors (Lipinski definition) is 1. The van der Waals surface area contributed by atoms with Crippen molar-refractivity contribution >= 4 is 11.6 Å². The van der Waals surface area contributed by atoms with Crippen LogP contribution in [0.15, 0.2) is 18.2 Å². The third-order valence-electron chi connectivity index (χ3n) is 5.70. The Balaban J connectivity index is 1.57. The van der Waals surface area contributed by atoms with Gasteiger partial charge in [0.25, 0.3) is 0 Å². The smallest absolute Gasteiger partial charge is 0.137 e. The van der Waals surface area contributed by atoms with E-state index >= 15 is 0 Å². The van der Waals surface area contributed by atoms with Gasteiger partial charge in [-0.05, 0) is 55.5 Å². The maximum atomic E-state index is 9.83. The first-order valence-corrected chi connectivity index (χ1v) is 9.95. The molecule has 140 valence electrons. The third kappa shape index (κ3) is 5.10. The van der Waals surface area contributed by atoms with Crippen molar-refractivity contribution in [2.24, 2.45) is 11.8 Å². The van der Waals surface area contributed by atoms with E-state index in [1.54, 1.807) is 7.11 Å². The predicted octanol–water partition coefficient (Wildman–Crippen LogP) is 3.26. The number of aliphatic hydroxyl groups excluding tert-OH is 1. The van der Waals surface area contributed by atoms with E-state index in [1.165, 1.54) is 44.3 Å². The average molecular weight is 367 g/mol. The van der Waals surface area contributed by atoms with Crippen molar-refractivity contribution in [3.63, 3.8) is 0 Å². The van der Waals surface area contributed by atoms with Gasteiger partial charge in [0.1, 0.15) is 5.75 Å². The maximum absolute atomic E-state index is 9.83. The number of hydrogen-bond acceptors (Lipinski definition) is 4. The Morgan fingerprint density at radius 3 is 2.44 bits per heavy atom. The van der Waals surface area contributed by atoms with Crippen LogP contribution in [0.1, 0.15) is 31.2 Å². The fourth-order valence-electron chi connectivity index (χ4n) is 4.30. The van der Waals surface area contributed by atoms with E-state index in [-0.39, 0.29) is 0 Å². The molecule has 25 heavy (non-hydrogen) atoms. The summed E-state index contributed by atoms with van der Waals surface area (Å²) in [6.45, 7) is 6.79. The van der Waals surface area contributed by atoms with Crippen molar-refractivity contribution in [3.8, 4) is 5.75 Å². The monoisotopic (exact) mass is 366 g/mol. The molecule has 0 spiro atoms. The van der Waals surface area contributed by atoms with Crippen LogP contribution in [0, 0.1) is 11.8 Å². The van der Waals surface area contributed by atoms with Gasteiger partial charge in [-0.15, -0.1) is 0 Å². The van der Waals surface area contributed by atoms with E-state index in [4.69, 9.17) is 16.3 Å². The molecule has 2 aliphatic rings. The van der Waals surface area contributed by atoms with Crippen LogP contribution in [0.5, 0.6) is 5.75 Å². The summed E-state index contributed by atoms with van der Waals surface area (Å²) < 4.78 is 5.23. The lowest BCUT2D eigenvalue weighted by atomic mass is 9.96. The fraction of sp³-hybridized carbons (Fsp3) is 0.700. The van der Waals surface area contributed by atoms with Crippen LogP contribution in [-0.4, -0.2) is 61.3 Å². The van der Waals surface area contributed by atoms with Gasteiger partial charge in [-0.25, -0.2) is 0 Å². The first-order valence-electron chi connectivity index (χ1n) is 9.57. The molecule has 1 aromatic rings. The fourth-order valence-corrected chi connectivity index (χ4v) is 4.58. The summed E-state index contributed by atoms with van der Waals surface area (Å²) in [5, 5.41) is 10.5. The van der Waals surface area contributed by atoms with E-state index in [1.807, 2.05) is 12.1 Å². The quantitative estimate of drug-likeness (QED) is 0.838. The molecule has 0 aromatic heterocycles. The minimum absolute atomic E-state index is 0.290. The second-order valence-electron chi connectivity index (χ2n) is 7.58. The zero-order valence-electron chi connectivity index (χ0n) is 15.3. The Bertz CT molecular complexity index is 546. The highest BCUT2D eigenvalue weighted by molar-refractivity contribution is 6.32. The van der Waals surface area contributed by atoms with Crippen molar-refractivity contribution in [1.29, 1.82) is 0 Å². The number of methoxy groups -OCH3 is 1. The molecule has 2 aliphatic heterocycles. The number of nitrogens with zero attached hydrogens (tertiary/aromatic N) is 2. The molecule has 2 atom stereocenters. The average Bonchev–Trinajstić information content (AvgIpc) is 2.80. The molecule has 0 bridgehead atoms. The molecule has 2 saturated heterocycles. The normalized spacial score (nSPS) is 25.9. The molecule has 0 radical (unpaired) electrons. The number of aliphatic hydroxyl groups is 1. The summed E-state index contributed by atoms with van der Waals surface area (Å²) in [5.41, 5.74) is 1.21. The van der Waals surface area contributed by atoms with Gasteiger partial charge in [-0.3, -0.25) is 4.90 Å². The molecule has 2 fully saturated rings. The lowest BCUT2D eigenvalue weighted by Gasteiger charge is -2.26. The number of benzene rings is 1. The zero-order valence-corrected chi connectivity index (χ0v) is 16.0. The van der Waals surface area contributed by atoms with Gasteiger partial charge in [-0.1, -0.05) is 30.5 Å². The van der Waals surface area contributed by atoms with Crippen LogP contribution >= 0.6 is 11.6 Å². The third-order valence-corrected chi connectivity index (χ3v) is 6.00. The molecule has 0 amide bonds. The van der Waals surface area contributed by atoms with Crippen LogP contribution in [0.2, 0.25) is 5.02 Å². The molecular formula is C20H31ClN2O2. The highest BCUT2D eigenvalue weighted by Gasteiger charge is 2.33. The molecule has 2 heterocycles. The van der Waals surface area contributed by atoms with E-state index < -0.39 is 0 Å². The van der Waals surface area contributed by atoms with Crippen LogP contribution in [-0.2, 0) is 6.54 Å². The summed E-state index contributed by atoms with van der Waals surface area (Å²) in [6.07, 6.45) is 5.39. The van der Waals surface area contributed by atoms with Gasteiger partial charge in [-0.2, -0.15) is 0 Å². The number of halogens is 1. The lowest BCUT2D eigenvalue weighted by molar-refractivity contribution is 0.165. The number of likely N-dealkylation sites (tertiary alicyclic amines) is 2. The molecular weight excluding hydrogens is 336 g/mol. The van der Waals surface area contributed by atoms with Crippen LogP contribution in [0.3, 0.4) is 0 Å². The van der Waals surface area contributed by atoms with Crippen LogP contribution in [0.4, 0.5) is 0 Å². The van der Waals surface area contributed by atoms with Gasteiger partial charge in [0.2, 0.25) is 0 Å². The van der Waals surface area contributed by atoms with Crippen molar-refractivity contribution in [2.45, 2.75) is 32.2 Å². The van der Waals surface area contributed by atoms with Crippen molar-refractivity contribution < 1.29 is 9.84 Å². The summed E-state index contributed by atoms with van der Waals surface area (Å²) in [5.74, 6) is 1.67. The van der Waals surface area contributed by atoms with Crippen molar-refractivity contribution in [1.82, 2.24) is 9.80 Å². The standard InChI is InChI=1S/C20H31ClN2O2/c1-25-20-7-6-16(10-19(20)21)11-23-13-17(18(14-23)15-24)12-22-8-4-2-3-5-9-22/h6-7,10,17-18,24H,2-5,8-9,11-15H2,1H3/t17-,18-/m1/s1. The number of ether oxygens (including phenoxy) is 1. The van der Waals surface area contributed by atoms with E-state index in [0.717, 1.165) is 31.9 Å². The SMILES string of the molecule is COc1ccc(CN2C[C@@H](CN3CCCCCC3)[C@@H](CO)C2)cc1Cl.